The van der Waals surface area contributed by atoms with Crippen LogP contribution in [-0.4, -0.2) is 25.8 Å². The molecule has 0 saturated heterocycles. The third-order valence-electron chi connectivity index (χ3n) is 4.69. The zero-order valence-corrected chi connectivity index (χ0v) is 16.6. The van der Waals surface area contributed by atoms with Crippen molar-refractivity contribution in [2.75, 3.05) is 0 Å². The van der Waals surface area contributed by atoms with Crippen molar-refractivity contribution in [1.29, 1.82) is 0 Å². The van der Waals surface area contributed by atoms with Crippen molar-refractivity contribution in [2.24, 2.45) is 0 Å². The van der Waals surface area contributed by atoms with Gasteiger partial charge in [-0.25, -0.2) is 9.97 Å². The Balaban J connectivity index is 1.48. The van der Waals surface area contributed by atoms with Crippen molar-refractivity contribution in [3.8, 4) is 22.4 Å². The first kappa shape index (κ1) is 19.4. The van der Waals surface area contributed by atoms with Gasteiger partial charge in [-0.3, -0.25) is 14.8 Å². The first-order valence-corrected chi connectivity index (χ1v) is 9.69. The minimum atomic E-state index is -0.0517. The van der Waals surface area contributed by atoms with Crippen molar-refractivity contribution in [3.63, 3.8) is 0 Å². The van der Waals surface area contributed by atoms with Crippen molar-refractivity contribution in [2.45, 2.75) is 19.9 Å². The van der Waals surface area contributed by atoms with Crippen LogP contribution in [0.4, 0.5) is 0 Å². The average molecular weight is 395 g/mol. The van der Waals surface area contributed by atoms with Gasteiger partial charge in [0.2, 0.25) is 5.91 Å². The minimum Gasteiger partial charge on any atom is -0.352 e. The zero-order valence-electron chi connectivity index (χ0n) is 16.6. The number of benzene rings is 1. The fourth-order valence-electron chi connectivity index (χ4n) is 3.14. The van der Waals surface area contributed by atoms with Crippen molar-refractivity contribution < 1.29 is 4.79 Å². The van der Waals surface area contributed by atoms with Gasteiger partial charge in [0.15, 0.2) is 0 Å². The largest absolute Gasteiger partial charge is 0.352 e. The number of nitrogens with one attached hydrogen (secondary N) is 1. The molecule has 1 amide bonds. The third kappa shape index (κ3) is 4.72. The Kier molecular flexibility index (Phi) is 5.85. The number of aryl methyl sites for hydroxylation is 1. The summed E-state index contributed by atoms with van der Waals surface area (Å²) >= 11 is 0. The molecule has 0 atom stereocenters. The Morgan fingerprint density at radius 3 is 2.43 bits per heavy atom. The second-order valence-corrected chi connectivity index (χ2v) is 6.89. The smallest absolute Gasteiger partial charge is 0.226 e. The lowest BCUT2D eigenvalue weighted by Gasteiger charge is -2.11. The molecule has 30 heavy (non-hydrogen) atoms. The van der Waals surface area contributed by atoms with Gasteiger partial charge in [-0.15, -0.1) is 0 Å². The summed E-state index contributed by atoms with van der Waals surface area (Å²) in [5.41, 5.74) is 5.62. The van der Waals surface area contributed by atoms with Crippen LogP contribution in [0.3, 0.4) is 0 Å². The summed E-state index contributed by atoms with van der Waals surface area (Å²) in [4.78, 5) is 29.4. The Labute approximate surface area is 175 Å². The Bertz CT molecular complexity index is 1130. The number of carbonyl (C=O) groups is 1. The maximum absolute atomic E-state index is 12.1. The molecular formula is C24H21N5O. The van der Waals surface area contributed by atoms with E-state index in [1.807, 2.05) is 67.7 Å². The lowest BCUT2D eigenvalue weighted by Crippen LogP contribution is -2.24. The van der Waals surface area contributed by atoms with E-state index in [9.17, 15) is 4.79 Å². The highest BCUT2D eigenvalue weighted by Crippen LogP contribution is 2.29. The van der Waals surface area contributed by atoms with E-state index in [4.69, 9.17) is 0 Å². The number of aromatic nitrogens is 4. The number of rotatable bonds is 6. The average Bonchev–Trinajstić information content (AvgIpc) is 2.79. The summed E-state index contributed by atoms with van der Waals surface area (Å²) in [6.07, 6.45) is 7.33. The summed E-state index contributed by atoms with van der Waals surface area (Å²) in [7, 11) is 0. The van der Waals surface area contributed by atoms with Crippen LogP contribution in [-0.2, 0) is 17.8 Å². The van der Waals surface area contributed by atoms with Gasteiger partial charge in [-0.1, -0.05) is 30.3 Å². The third-order valence-corrected chi connectivity index (χ3v) is 4.69. The Morgan fingerprint density at radius 1 is 0.900 bits per heavy atom. The molecule has 4 aromatic rings. The normalized spacial score (nSPS) is 10.6. The lowest BCUT2D eigenvalue weighted by atomic mass is 10.0. The number of pyridine rings is 2. The number of amides is 1. The van der Waals surface area contributed by atoms with E-state index < -0.39 is 0 Å². The zero-order chi connectivity index (χ0) is 20.8. The van der Waals surface area contributed by atoms with E-state index in [0.717, 1.165) is 33.6 Å². The molecule has 0 aliphatic carbocycles. The highest BCUT2D eigenvalue weighted by molar-refractivity contribution is 5.80. The molecule has 6 heteroatoms. The van der Waals surface area contributed by atoms with Gasteiger partial charge in [0.05, 0.1) is 12.1 Å². The molecule has 0 fully saturated rings. The van der Waals surface area contributed by atoms with Crippen molar-refractivity contribution >= 4 is 5.91 Å². The van der Waals surface area contributed by atoms with E-state index in [-0.39, 0.29) is 12.3 Å². The van der Waals surface area contributed by atoms with E-state index in [2.05, 4.69) is 25.3 Å². The highest BCUT2D eigenvalue weighted by atomic mass is 16.1. The Morgan fingerprint density at radius 2 is 1.70 bits per heavy atom. The molecule has 0 radical (unpaired) electrons. The lowest BCUT2D eigenvalue weighted by molar-refractivity contribution is -0.120. The van der Waals surface area contributed by atoms with Crippen LogP contribution in [0, 0.1) is 6.92 Å². The quantitative estimate of drug-likeness (QED) is 0.538. The Hall–Kier alpha value is -3.93. The molecule has 0 aliphatic rings. The summed E-state index contributed by atoms with van der Waals surface area (Å²) in [6, 6.07) is 17.5. The molecule has 1 N–H and O–H groups in total. The first-order valence-electron chi connectivity index (χ1n) is 9.69. The van der Waals surface area contributed by atoms with Gasteiger partial charge in [-0.2, -0.15) is 0 Å². The van der Waals surface area contributed by atoms with Gasteiger partial charge in [-0.05, 0) is 42.3 Å². The fraction of sp³-hybridized carbons (Fsp3) is 0.125. The summed E-state index contributed by atoms with van der Waals surface area (Å²) in [5, 5.41) is 2.94. The maximum atomic E-state index is 12.1. The van der Waals surface area contributed by atoms with Crippen LogP contribution in [0.25, 0.3) is 22.4 Å². The molecule has 3 heterocycles. The van der Waals surface area contributed by atoms with E-state index >= 15 is 0 Å². The van der Waals surface area contributed by atoms with Crippen LogP contribution >= 0.6 is 0 Å². The topological polar surface area (TPSA) is 80.7 Å². The number of carbonyl (C=O) groups excluding carboxylic acids is 1. The van der Waals surface area contributed by atoms with Crippen molar-refractivity contribution in [3.05, 3.63) is 96.5 Å². The van der Waals surface area contributed by atoms with Gasteiger partial charge in [0.25, 0.3) is 0 Å². The predicted molar refractivity (Wildman–Crippen MR) is 115 cm³/mol. The van der Waals surface area contributed by atoms with E-state index in [1.54, 1.807) is 18.6 Å². The molecule has 4 rings (SSSR count). The molecule has 0 spiro atoms. The minimum absolute atomic E-state index is 0.0517. The monoisotopic (exact) mass is 395 g/mol. The summed E-state index contributed by atoms with van der Waals surface area (Å²) < 4.78 is 0. The molecular weight excluding hydrogens is 374 g/mol. The number of hydrogen-bond acceptors (Lipinski definition) is 5. The SMILES string of the molecule is Cc1ncc(-c2ccncc2)c(-c2ccc(CNC(=O)Cc3ccccn3)cc2)n1. The first-order chi connectivity index (χ1) is 14.7. The fourth-order valence-corrected chi connectivity index (χ4v) is 3.14. The van der Waals surface area contributed by atoms with Crippen LogP contribution in [0.5, 0.6) is 0 Å². The molecule has 1 aromatic carbocycles. The van der Waals surface area contributed by atoms with Crippen LogP contribution < -0.4 is 5.32 Å². The van der Waals surface area contributed by atoms with Gasteiger partial charge >= 0.3 is 0 Å². The molecule has 3 aromatic heterocycles. The van der Waals surface area contributed by atoms with Gasteiger partial charge in [0, 0.05) is 48.2 Å². The van der Waals surface area contributed by atoms with E-state index in [0.29, 0.717) is 12.4 Å². The van der Waals surface area contributed by atoms with Crippen LogP contribution in [0.15, 0.2) is 79.4 Å². The number of nitrogens with zero attached hydrogens (tertiary/aromatic N) is 4. The molecule has 0 saturated carbocycles. The number of hydrogen-bond donors (Lipinski definition) is 1. The molecule has 0 aliphatic heterocycles. The van der Waals surface area contributed by atoms with Crippen molar-refractivity contribution in [1.82, 2.24) is 25.3 Å². The second kappa shape index (κ2) is 9.05. The van der Waals surface area contributed by atoms with Gasteiger partial charge < -0.3 is 5.32 Å². The summed E-state index contributed by atoms with van der Waals surface area (Å²) in [6.45, 7) is 2.34. The van der Waals surface area contributed by atoms with Gasteiger partial charge in [0.1, 0.15) is 5.82 Å². The van der Waals surface area contributed by atoms with Crippen LogP contribution in [0.2, 0.25) is 0 Å². The maximum Gasteiger partial charge on any atom is 0.226 e. The second-order valence-electron chi connectivity index (χ2n) is 6.89. The molecule has 0 unspecified atom stereocenters. The van der Waals surface area contributed by atoms with Crippen LogP contribution in [0.1, 0.15) is 17.1 Å². The standard InChI is InChI=1S/C24H21N5O/c1-17-27-16-22(19-9-12-25-13-10-19)24(29-17)20-7-5-18(6-8-20)15-28-23(30)14-21-4-2-3-11-26-21/h2-13,16H,14-15H2,1H3,(H,28,30). The molecule has 6 nitrogen and oxygen atoms in total. The molecule has 148 valence electrons. The predicted octanol–water partition coefficient (Wildman–Crippen LogP) is 3.77. The highest BCUT2D eigenvalue weighted by Gasteiger charge is 2.11. The summed E-state index contributed by atoms with van der Waals surface area (Å²) in [5.74, 6) is 0.665. The van der Waals surface area contributed by atoms with E-state index in [1.165, 1.54) is 0 Å². The molecule has 0 bridgehead atoms.